The van der Waals surface area contributed by atoms with Gasteiger partial charge in [0.2, 0.25) is 11.8 Å². The minimum Gasteiger partial charge on any atom is -0.615 e. The number of nitrogens with one attached hydrogen (secondary N) is 2. The van der Waals surface area contributed by atoms with E-state index in [1.54, 1.807) is 13.2 Å². The summed E-state index contributed by atoms with van der Waals surface area (Å²) in [5.74, 6) is 0.608. The lowest BCUT2D eigenvalue weighted by Gasteiger charge is -2.62. The van der Waals surface area contributed by atoms with Crippen LogP contribution in [0.2, 0.25) is 0 Å². The van der Waals surface area contributed by atoms with Gasteiger partial charge in [-0.05, 0) is 170 Å². The largest absolute Gasteiger partial charge is 0.615 e. The molecule has 14 rings (SSSR count). The average molecular weight is 1390 g/mol. The Morgan fingerprint density at radius 3 is 2.01 bits per heavy atom. The number of likely N-dealkylation sites (N-methyl/N-ethyl adjacent to an activating group) is 1. The van der Waals surface area contributed by atoms with Crippen LogP contribution in [0.5, 0.6) is 17.2 Å². The number of nitrogens with two attached hydrogens (primary N) is 1. The quantitative estimate of drug-likeness (QED) is 0.0266. The monoisotopic (exact) mass is 1390 g/mol. The number of primary amides is 1. The van der Waals surface area contributed by atoms with Gasteiger partial charge in [0.25, 0.3) is 5.91 Å². The fraction of sp³-hybridized carbons (Fsp3) is 0.456. The third-order valence-electron chi connectivity index (χ3n) is 21.5. The first-order chi connectivity index (χ1) is 47.4. The van der Waals surface area contributed by atoms with E-state index in [0.29, 0.717) is 37.0 Å². The summed E-state index contributed by atoms with van der Waals surface area (Å²) < 4.78 is 23.7. The van der Waals surface area contributed by atoms with Crippen LogP contribution < -0.4 is 30.7 Å². The highest BCUT2D eigenvalue weighted by molar-refractivity contribution is 7.99. The molecule has 1 spiro atoms. The highest BCUT2D eigenvalue weighted by Crippen LogP contribution is 2.65. The van der Waals surface area contributed by atoms with E-state index >= 15 is 0 Å². The van der Waals surface area contributed by atoms with E-state index in [1.165, 1.54) is 46.5 Å². The predicted octanol–water partition coefficient (Wildman–Crippen LogP) is 11.4. The number of rotatable bonds is 18. The lowest BCUT2D eigenvalue weighted by molar-refractivity contribution is -0.188. The van der Waals surface area contributed by atoms with Gasteiger partial charge in [-0.2, -0.15) is 0 Å². The third kappa shape index (κ3) is 15.5. The van der Waals surface area contributed by atoms with E-state index in [1.807, 2.05) is 117 Å². The molecule has 5 amide bonds. The molecule has 4 aliphatic heterocycles. The van der Waals surface area contributed by atoms with Crippen LogP contribution in [-0.4, -0.2) is 155 Å². The second-order valence-corrected chi connectivity index (χ2v) is 30.8. The molecule has 4 heterocycles. The van der Waals surface area contributed by atoms with Crippen molar-refractivity contribution < 1.29 is 53.3 Å². The molecule has 2 saturated heterocycles. The molecule has 0 radical (unpaired) electrons. The first-order valence-corrected chi connectivity index (χ1v) is 37.0. The first kappa shape index (κ1) is 74.2. The van der Waals surface area contributed by atoms with E-state index in [0.717, 1.165) is 97.8 Å². The molecule has 4 aliphatic carbocycles. The van der Waals surface area contributed by atoms with Gasteiger partial charge in [-0.1, -0.05) is 154 Å². The number of Topliss-reactive ketones (excluding diaryl/α,β-unsaturated/α-hetero) is 1. The number of piperidine rings is 1. The minimum absolute atomic E-state index is 0.0454. The summed E-state index contributed by atoms with van der Waals surface area (Å²) in [7, 11) is 10.1. The van der Waals surface area contributed by atoms with Gasteiger partial charge in [-0.15, -0.1) is 6.58 Å². The standard InChI is InChI=1S/C20H23NO4.C17H20N2S.C16H25NO2.C15H15NO2S.C11H16N2O3/c22-13-4-3-12-9-15-20(24)6-5-14(23)18-19(20,16(12)17(13)25-18)7-8-21(15)10-11-1-2-11;1-13(18(2)3)12-19-14-8-4-6-10-16(14)20-17-11-7-5-9-15(17)19;1-17(2)12-14-7-4-5-10-16(14,18)13-8-6-9-15(11-13)19-3;16-14(17)11-19(18)15(12-7-3-1-4-8-12)13-9-5-2-6-10-13;1-4-6-11(7(3)5-2)8(14)12-10(16)13-9(11)15/h3-4,11,15,18,22,24H,1-2,5-10H2;4-11,13H,12H2,1-3H3;6,8-9,11,14,18H,4-5,7,10,12H2,1-3H3;1-10,15H,11H2,(H2,16,17);4,7H,1,5-6H2,2-3H3,(H2,12,13,14,15,16)/t15-,18+,19+,20-;;14-,16+;;/m1.1../s1. The molecule has 3 unspecified atom stereocenters. The van der Waals surface area contributed by atoms with Crippen LogP contribution in [-0.2, 0) is 47.8 Å². The molecule has 9 atom stereocenters. The summed E-state index contributed by atoms with van der Waals surface area (Å²) in [6, 6.07) is 47.7. The number of barbiturate groups is 1. The summed E-state index contributed by atoms with van der Waals surface area (Å²) in [5, 5.41) is 37.4. The normalized spacial score (nSPS) is 24.5. The summed E-state index contributed by atoms with van der Waals surface area (Å²) in [4.78, 5) is 70.5. The fourth-order valence-electron chi connectivity index (χ4n) is 15.8. The maximum absolute atomic E-state index is 12.7. The molecule has 5 fully saturated rings. The van der Waals surface area contributed by atoms with E-state index < -0.39 is 63.1 Å². The second-order valence-electron chi connectivity index (χ2n) is 28.2. The van der Waals surface area contributed by atoms with Crippen molar-refractivity contribution in [1.29, 1.82) is 0 Å². The average Bonchev–Trinajstić information content (AvgIpc) is 1.49. The van der Waals surface area contributed by atoms with Crippen molar-refractivity contribution in [3.05, 3.63) is 186 Å². The number of imide groups is 2. The van der Waals surface area contributed by atoms with Crippen molar-refractivity contribution in [3.63, 3.8) is 0 Å². The van der Waals surface area contributed by atoms with Crippen molar-refractivity contribution in [2.45, 2.75) is 148 Å². The second kappa shape index (κ2) is 32.0. The van der Waals surface area contributed by atoms with Gasteiger partial charge < -0.3 is 49.8 Å². The number of phenolic OH excluding ortho intramolecular Hbond substituents is 1. The van der Waals surface area contributed by atoms with Crippen molar-refractivity contribution in [3.8, 4) is 17.2 Å². The molecule has 2 bridgehead atoms. The number of amides is 5. The number of ketones is 1. The van der Waals surface area contributed by atoms with Gasteiger partial charge in [0.05, 0.1) is 35.1 Å². The lowest BCUT2D eigenvalue weighted by atomic mass is 9.49. The number of likely N-dealkylation sites (tertiary alicyclic amines) is 1. The molecule has 7 N–H and O–H groups in total. The highest BCUT2D eigenvalue weighted by atomic mass is 32.2. The van der Waals surface area contributed by atoms with Crippen molar-refractivity contribution >= 4 is 63.8 Å². The van der Waals surface area contributed by atoms with Crippen LogP contribution in [0.25, 0.3) is 0 Å². The number of nitrogens with zero attached hydrogens (tertiary/aromatic N) is 4. The topological polar surface area (TPSA) is 251 Å². The molecule has 6 aromatic rings. The maximum Gasteiger partial charge on any atom is 0.328 e. The maximum atomic E-state index is 12.7. The Kier molecular flexibility index (Phi) is 24.0. The van der Waals surface area contributed by atoms with Crippen molar-refractivity contribution in [1.82, 2.24) is 25.3 Å². The Hall–Kier alpha value is -7.53. The lowest BCUT2D eigenvalue weighted by Crippen LogP contribution is -2.76. The summed E-state index contributed by atoms with van der Waals surface area (Å²) in [6.45, 7) is 13.4. The number of methoxy groups -OCH3 is 1. The Morgan fingerprint density at radius 1 is 0.828 bits per heavy atom. The molecule has 3 saturated carbocycles. The van der Waals surface area contributed by atoms with E-state index in [2.05, 4.69) is 120 Å². The zero-order valence-corrected chi connectivity index (χ0v) is 60.1. The summed E-state index contributed by atoms with van der Waals surface area (Å²) >= 11 is 0.502. The highest BCUT2D eigenvalue weighted by Gasteiger charge is 2.73. The molecular weight excluding hydrogens is 1290 g/mol. The van der Waals surface area contributed by atoms with Crippen LogP contribution in [0.1, 0.15) is 124 Å². The number of hydrogen-bond donors (Lipinski definition) is 6. The number of carbonyl (C=O) groups is 5. The SMILES string of the molecule is C=CCC1(C(C)CC)C(=O)NC(=O)NC1=O.CC(CN1c2ccccc2Sc2ccccc21)N(C)C.COc1cccc([C@@]2(O)CCCC[C@@H]2CN(C)C)c1.NC(=O)C[S+]([O-])C(c1ccccc1)c1ccccc1.O=C1CC[C@@]2(O)[C@H]3Cc4ccc(O)c5c4[C@@]2(CCN3CC2CC2)[C@H]1O5. The van der Waals surface area contributed by atoms with E-state index in [9.17, 15) is 43.8 Å². The van der Waals surface area contributed by atoms with Crippen LogP contribution in [0.3, 0.4) is 0 Å². The fourth-order valence-corrected chi connectivity index (χ4v) is 18.3. The number of benzene rings is 6. The third-order valence-corrected chi connectivity index (χ3v) is 24.3. The molecule has 0 aromatic heterocycles. The molecule has 8 aliphatic rings. The number of para-hydroxylation sites is 2. The Labute approximate surface area is 591 Å². The molecule has 20 heteroatoms. The Bertz CT molecular complexity index is 3730. The molecule has 99 heavy (non-hydrogen) atoms. The van der Waals surface area contributed by atoms with Gasteiger partial charge in [0.15, 0.2) is 34.4 Å². The number of allylic oxidation sites excluding steroid dienone is 1. The van der Waals surface area contributed by atoms with Gasteiger partial charge in [0.1, 0.15) is 11.2 Å². The molecular formula is C79H99N7O11S2. The minimum atomic E-state index is -1.36. The van der Waals surface area contributed by atoms with Crippen LogP contribution >= 0.6 is 11.8 Å². The zero-order chi connectivity index (χ0) is 71.0. The van der Waals surface area contributed by atoms with Crippen LogP contribution in [0.4, 0.5) is 16.2 Å². The zero-order valence-electron chi connectivity index (χ0n) is 58.5. The summed E-state index contributed by atoms with van der Waals surface area (Å²) in [6.07, 6.45) is 11.0. The van der Waals surface area contributed by atoms with E-state index in [4.69, 9.17) is 15.2 Å². The summed E-state index contributed by atoms with van der Waals surface area (Å²) in [5.41, 5.74) is 9.19. The number of hydrogen-bond acceptors (Lipinski definition) is 16. The molecule has 528 valence electrons. The van der Waals surface area contributed by atoms with Gasteiger partial charge >= 0.3 is 6.03 Å². The number of aliphatic hydroxyl groups is 2. The number of fused-ring (bicyclic) bond motifs is 2. The van der Waals surface area contributed by atoms with Crippen molar-refractivity contribution in [2.24, 2.45) is 28.9 Å². The van der Waals surface area contributed by atoms with Crippen LogP contribution in [0, 0.1) is 23.2 Å². The van der Waals surface area contributed by atoms with E-state index in [-0.39, 0.29) is 40.9 Å². The number of aromatic hydroxyl groups is 1. The number of anilines is 2. The predicted molar refractivity (Wildman–Crippen MR) is 390 cm³/mol. The Morgan fingerprint density at radius 2 is 1.44 bits per heavy atom. The van der Waals surface area contributed by atoms with Crippen molar-refractivity contribution in [2.75, 3.05) is 72.1 Å². The number of ether oxygens (including phenoxy) is 2. The number of carbonyl (C=O) groups excluding carboxylic acids is 5. The molecule has 18 nitrogen and oxygen atoms in total. The Balaban J connectivity index is 0.000000135. The van der Waals surface area contributed by atoms with Gasteiger partial charge in [-0.3, -0.25) is 34.7 Å². The number of urea groups is 1. The first-order valence-electron chi connectivity index (χ1n) is 34.8. The smallest absolute Gasteiger partial charge is 0.328 e. The number of phenols is 1. The van der Waals surface area contributed by atoms with Gasteiger partial charge in [-0.25, -0.2) is 4.79 Å². The molecule has 6 aromatic carbocycles. The van der Waals surface area contributed by atoms with Crippen LogP contribution in [0.15, 0.2) is 168 Å². The van der Waals surface area contributed by atoms with Gasteiger partial charge in [0, 0.05) is 70.5 Å².